The Morgan fingerprint density at radius 2 is 1.41 bits per heavy atom. The summed E-state index contributed by atoms with van der Waals surface area (Å²) in [6.45, 7) is 1.49. The minimum atomic E-state index is -0.535. The molecular formula is C31H27N3O5. The van der Waals surface area contributed by atoms with Crippen LogP contribution in [0.25, 0.3) is 0 Å². The first-order valence-electron chi connectivity index (χ1n) is 12.3. The van der Waals surface area contributed by atoms with E-state index < -0.39 is 12.1 Å². The van der Waals surface area contributed by atoms with Crippen molar-refractivity contribution in [1.29, 1.82) is 0 Å². The molecule has 1 aliphatic rings. The van der Waals surface area contributed by atoms with Gasteiger partial charge in [0.1, 0.15) is 5.75 Å². The van der Waals surface area contributed by atoms with E-state index in [-0.39, 0.29) is 17.4 Å². The molecule has 5 rings (SSSR count). The molecule has 8 heteroatoms. The van der Waals surface area contributed by atoms with Gasteiger partial charge < -0.3 is 14.2 Å². The Bertz CT molecular complexity index is 1500. The van der Waals surface area contributed by atoms with Crippen LogP contribution < -0.4 is 24.1 Å². The molecule has 0 spiro atoms. The van der Waals surface area contributed by atoms with E-state index >= 15 is 0 Å². The van der Waals surface area contributed by atoms with Gasteiger partial charge in [-0.2, -0.15) is 0 Å². The number of ether oxygens (including phenoxy) is 3. The molecule has 0 aromatic heterocycles. The van der Waals surface area contributed by atoms with Crippen LogP contribution in [0.2, 0.25) is 0 Å². The number of carbonyl (C=O) groups excluding carboxylic acids is 2. The molecular weight excluding hydrogens is 494 g/mol. The average molecular weight is 522 g/mol. The van der Waals surface area contributed by atoms with Gasteiger partial charge in [0.05, 0.1) is 25.5 Å². The number of nitrogens with zero attached hydrogens (tertiary/aromatic N) is 3. The molecule has 0 saturated heterocycles. The number of amidine groups is 1. The zero-order valence-electron chi connectivity index (χ0n) is 21.8. The fraction of sp³-hybridized carbons (Fsp3) is 0.129. The quantitative estimate of drug-likeness (QED) is 0.213. The number of benzene rings is 4. The summed E-state index contributed by atoms with van der Waals surface area (Å²) >= 11 is 0. The second-order valence-electron chi connectivity index (χ2n) is 8.77. The van der Waals surface area contributed by atoms with Crippen molar-refractivity contribution in [3.05, 3.63) is 114 Å². The van der Waals surface area contributed by atoms with E-state index in [1.165, 1.54) is 14.0 Å². The molecule has 0 unspecified atom stereocenters. The highest BCUT2D eigenvalue weighted by Crippen LogP contribution is 2.42. The number of Topliss-reactive ketones (excluding diaryl/α,β-unsaturated/α-hetero) is 1. The van der Waals surface area contributed by atoms with Crippen LogP contribution >= 0.6 is 0 Å². The third-order valence-electron chi connectivity index (χ3n) is 6.29. The van der Waals surface area contributed by atoms with Gasteiger partial charge in [0.2, 0.25) is 0 Å². The lowest BCUT2D eigenvalue weighted by molar-refractivity contribution is -0.111. The Labute approximate surface area is 226 Å². The summed E-state index contributed by atoms with van der Waals surface area (Å²) < 4.78 is 16.6. The highest BCUT2D eigenvalue weighted by atomic mass is 16.6. The highest BCUT2D eigenvalue weighted by Gasteiger charge is 2.39. The molecule has 0 bridgehead atoms. The summed E-state index contributed by atoms with van der Waals surface area (Å²) in [4.78, 5) is 27.4. The normalized spacial score (nSPS) is 14.5. The zero-order chi connectivity index (χ0) is 27.4. The summed E-state index contributed by atoms with van der Waals surface area (Å²) in [5.74, 6) is 0.957. The van der Waals surface area contributed by atoms with Gasteiger partial charge in [-0.15, -0.1) is 5.10 Å². The summed E-state index contributed by atoms with van der Waals surface area (Å²) in [6, 6.07) is 31.1. The van der Waals surface area contributed by atoms with E-state index in [4.69, 9.17) is 19.3 Å². The fourth-order valence-corrected chi connectivity index (χ4v) is 4.41. The molecule has 4 aromatic rings. The van der Waals surface area contributed by atoms with Crippen LogP contribution in [0.4, 0.5) is 11.4 Å². The lowest BCUT2D eigenvalue weighted by atomic mass is 10.1. The summed E-state index contributed by atoms with van der Waals surface area (Å²) in [6.07, 6.45) is -0.535. The SMILES string of the molecule is COc1ccc(N2C(C(C)=O)=NN(c3ccccc3)[C@H]2c2ccc(OC(=O)c3ccccc3)c(OC)c2)cc1. The van der Waals surface area contributed by atoms with Crippen molar-refractivity contribution in [2.24, 2.45) is 5.10 Å². The largest absolute Gasteiger partial charge is 0.497 e. The number of carbonyl (C=O) groups is 2. The molecule has 1 atom stereocenters. The Morgan fingerprint density at radius 3 is 2.03 bits per heavy atom. The predicted molar refractivity (Wildman–Crippen MR) is 150 cm³/mol. The fourth-order valence-electron chi connectivity index (χ4n) is 4.41. The number of esters is 1. The number of ketones is 1. The van der Waals surface area contributed by atoms with Gasteiger partial charge >= 0.3 is 5.97 Å². The first kappa shape index (κ1) is 25.5. The summed E-state index contributed by atoms with van der Waals surface area (Å²) in [7, 11) is 3.12. The number of hydrogen-bond acceptors (Lipinski definition) is 8. The maximum Gasteiger partial charge on any atom is 0.343 e. The molecule has 0 radical (unpaired) electrons. The van der Waals surface area contributed by atoms with Crippen molar-refractivity contribution in [3.8, 4) is 17.2 Å². The van der Waals surface area contributed by atoms with E-state index in [9.17, 15) is 9.59 Å². The van der Waals surface area contributed by atoms with Gasteiger partial charge in [0.25, 0.3) is 0 Å². The minimum absolute atomic E-state index is 0.186. The monoisotopic (exact) mass is 521 g/mol. The van der Waals surface area contributed by atoms with Crippen molar-refractivity contribution in [2.45, 2.75) is 13.1 Å². The van der Waals surface area contributed by atoms with E-state index in [2.05, 4.69) is 0 Å². The first-order valence-corrected chi connectivity index (χ1v) is 12.3. The number of methoxy groups -OCH3 is 2. The first-order chi connectivity index (χ1) is 19.0. The van der Waals surface area contributed by atoms with E-state index in [0.717, 1.165) is 16.9 Å². The maximum absolute atomic E-state index is 12.8. The van der Waals surface area contributed by atoms with Crippen molar-refractivity contribution in [1.82, 2.24) is 0 Å². The van der Waals surface area contributed by atoms with Crippen LogP contribution in [-0.2, 0) is 4.79 Å². The molecule has 0 N–H and O–H groups in total. The zero-order valence-corrected chi connectivity index (χ0v) is 21.8. The number of anilines is 2. The minimum Gasteiger partial charge on any atom is -0.497 e. The number of para-hydroxylation sites is 1. The molecule has 0 aliphatic carbocycles. The van der Waals surface area contributed by atoms with Crippen LogP contribution in [0.15, 0.2) is 108 Å². The Balaban J connectivity index is 1.58. The number of hydrazone groups is 1. The molecule has 8 nitrogen and oxygen atoms in total. The molecule has 39 heavy (non-hydrogen) atoms. The van der Waals surface area contributed by atoms with Crippen LogP contribution in [-0.4, -0.2) is 31.8 Å². The third kappa shape index (κ3) is 5.17. The Hall–Kier alpha value is -5.11. The molecule has 1 heterocycles. The lowest BCUT2D eigenvalue weighted by Crippen LogP contribution is -2.37. The van der Waals surface area contributed by atoms with E-state index in [1.54, 1.807) is 48.5 Å². The van der Waals surface area contributed by atoms with Gasteiger partial charge in [-0.25, -0.2) is 9.80 Å². The van der Waals surface area contributed by atoms with Crippen LogP contribution in [0.1, 0.15) is 29.0 Å². The summed E-state index contributed by atoms with van der Waals surface area (Å²) in [5.41, 5.74) is 2.76. The molecule has 4 aromatic carbocycles. The third-order valence-corrected chi connectivity index (χ3v) is 6.29. The van der Waals surface area contributed by atoms with Crippen LogP contribution in [0, 0.1) is 0 Å². The molecule has 0 saturated carbocycles. The lowest BCUT2D eigenvalue weighted by Gasteiger charge is -2.32. The second kappa shape index (κ2) is 11.1. The van der Waals surface area contributed by atoms with Crippen molar-refractivity contribution in [3.63, 3.8) is 0 Å². The van der Waals surface area contributed by atoms with Crippen molar-refractivity contribution < 1.29 is 23.8 Å². The van der Waals surface area contributed by atoms with Crippen molar-refractivity contribution in [2.75, 3.05) is 24.1 Å². The van der Waals surface area contributed by atoms with E-state index in [1.807, 2.05) is 71.6 Å². The van der Waals surface area contributed by atoms with Gasteiger partial charge in [-0.3, -0.25) is 9.69 Å². The second-order valence-corrected chi connectivity index (χ2v) is 8.77. The number of hydrogen-bond donors (Lipinski definition) is 0. The van der Waals surface area contributed by atoms with Gasteiger partial charge in [-0.1, -0.05) is 42.5 Å². The van der Waals surface area contributed by atoms with Gasteiger partial charge in [0, 0.05) is 18.2 Å². The maximum atomic E-state index is 12.8. The topological polar surface area (TPSA) is 80.7 Å². The smallest absolute Gasteiger partial charge is 0.343 e. The molecule has 0 amide bonds. The van der Waals surface area contributed by atoms with Gasteiger partial charge in [-0.05, 0) is 60.7 Å². The Kier molecular flexibility index (Phi) is 7.27. The van der Waals surface area contributed by atoms with E-state index in [0.29, 0.717) is 17.1 Å². The van der Waals surface area contributed by atoms with Crippen molar-refractivity contribution >= 4 is 29.0 Å². The highest BCUT2D eigenvalue weighted by molar-refractivity contribution is 6.44. The standard InChI is InChI=1S/C31H27N3O5/c1-21(35)29-32-34(25-12-8-5-9-13-25)30(33(29)24-15-17-26(37-2)18-16-24)23-14-19-27(28(20-23)38-3)39-31(36)22-10-6-4-7-11-22/h4-20,30H,1-3H3/t30-/m0/s1. The number of rotatable bonds is 8. The van der Waals surface area contributed by atoms with Crippen LogP contribution in [0.3, 0.4) is 0 Å². The molecule has 0 fully saturated rings. The molecule has 1 aliphatic heterocycles. The Morgan fingerprint density at radius 1 is 0.744 bits per heavy atom. The predicted octanol–water partition coefficient (Wildman–Crippen LogP) is 5.85. The van der Waals surface area contributed by atoms with Gasteiger partial charge in [0.15, 0.2) is 29.3 Å². The average Bonchev–Trinajstić information content (AvgIpc) is 3.39. The summed E-state index contributed by atoms with van der Waals surface area (Å²) in [5, 5.41) is 6.55. The molecule has 196 valence electrons. The van der Waals surface area contributed by atoms with Crippen LogP contribution in [0.5, 0.6) is 17.2 Å².